The predicted octanol–water partition coefficient (Wildman–Crippen LogP) is 3.06. The first kappa shape index (κ1) is 20.9. The lowest BCUT2D eigenvalue weighted by atomic mass is 9.95. The maximum atomic E-state index is 12.6. The van der Waals surface area contributed by atoms with Crippen molar-refractivity contribution in [2.45, 2.75) is 19.3 Å². The molecule has 0 saturated carbocycles. The van der Waals surface area contributed by atoms with Gasteiger partial charge < -0.3 is 9.88 Å². The van der Waals surface area contributed by atoms with Crippen LogP contribution in [-0.4, -0.2) is 40.7 Å². The van der Waals surface area contributed by atoms with Crippen molar-refractivity contribution in [1.82, 2.24) is 20.7 Å². The van der Waals surface area contributed by atoms with Crippen LogP contribution in [0.3, 0.4) is 0 Å². The molecule has 1 aliphatic rings. The Morgan fingerprint density at radius 3 is 2.45 bits per heavy atom. The summed E-state index contributed by atoms with van der Waals surface area (Å²) in [6.45, 7) is 0.978. The summed E-state index contributed by atoms with van der Waals surface area (Å²) in [7, 11) is 0. The number of carbonyl (C=O) groups is 3. The number of nitrogens with zero attached hydrogens (tertiary/aromatic N) is 1. The number of para-hydroxylation sites is 1. The second-order valence-corrected chi connectivity index (χ2v) is 8.08. The predicted molar refractivity (Wildman–Crippen MR) is 118 cm³/mol. The Balaban J connectivity index is 1.24. The smallest absolute Gasteiger partial charge is 0.253 e. The summed E-state index contributed by atoms with van der Waals surface area (Å²) in [6.07, 6.45) is 3.06. The highest BCUT2D eigenvalue weighted by Gasteiger charge is 2.28. The van der Waals surface area contributed by atoms with E-state index in [-0.39, 0.29) is 30.1 Å². The Labute approximate surface area is 184 Å². The van der Waals surface area contributed by atoms with Gasteiger partial charge in [-0.3, -0.25) is 25.2 Å². The van der Waals surface area contributed by atoms with E-state index in [1.165, 1.54) is 0 Å². The fraction of sp³-hybridized carbons (Fsp3) is 0.261. The number of amides is 3. The first-order chi connectivity index (χ1) is 15.0. The van der Waals surface area contributed by atoms with Gasteiger partial charge in [-0.25, -0.2) is 0 Å². The maximum absolute atomic E-state index is 12.6. The summed E-state index contributed by atoms with van der Waals surface area (Å²) in [5.74, 6) is -0.829. The highest BCUT2D eigenvalue weighted by Crippen LogP contribution is 2.20. The number of hydrogen-bond donors (Lipinski definition) is 3. The molecule has 2 aromatic carbocycles. The van der Waals surface area contributed by atoms with Crippen LogP contribution >= 0.6 is 11.6 Å². The van der Waals surface area contributed by atoms with Gasteiger partial charge in [-0.05, 0) is 48.7 Å². The zero-order valence-corrected chi connectivity index (χ0v) is 17.6. The van der Waals surface area contributed by atoms with Crippen molar-refractivity contribution in [2.24, 2.45) is 5.92 Å². The number of carbonyl (C=O) groups excluding carboxylic acids is 3. The number of aromatic nitrogens is 1. The Morgan fingerprint density at radius 1 is 1.00 bits per heavy atom. The lowest BCUT2D eigenvalue weighted by molar-refractivity contribution is -0.131. The Morgan fingerprint density at radius 2 is 1.71 bits per heavy atom. The van der Waals surface area contributed by atoms with Crippen molar-refractivity contribution in [3.63, 3.8) is 0 Å². The molecule has 1 saturated heterocycles. The van der Waals surface area contributed by atoms with E-state index in [4.69, 9.17) is 11.6 Å². The van der Waals surface area contributed by atoms with Crippen LogP contribution in [0.2, 0.25) is 5.02 Å². The third-order valence-corrected chi connectivity index (χ3v) is 5.85. The van der Waals surface area contributed by atoms with Gasteiger partial charge in [0.15, 0.2) is 0 Å². The normalized spacial score (nSPS) is 14.4. The largest absolute Gasteiger partial charge is 0.361 e. The van der Waals surface area contributed by atoms with Gasteiger partial charge in [0.05, 0.1) is 6.42 Å². The molecule has 0 bridgehead atoms. The van der Waals surface area contributed by atoms with E-state index >= 15 is 0 Å². The molecule has 4 rings (SSSR count). The number of benzene rings is 2. The molecule has 3 amide bonds. The van der Waals surface area contributed by atoms with Crippen molar-refractivity contribution >= 4 is 40.2 Å². The molecule has 3 N–H and O–H groups in total. The van der Waals surface area contributed by atoms with E-state index in [0.29, 0.717) is 36.5 Å². The third kappa shape index (κ3) is 4.88. The van der Waals surface area contributed by atoms with Gasteiger partial charge >= 0.3 is 0 Å². The number of likely N-dealkylation sites (tertiary alicyclic amines) is 1. The van der Waals surface area contributed by atoms with Crippen LogP contribution in [0.4, 0.5) is 0 Å². The molecule has 2 heterocycles. The van der Waals surface area contributed by atoms with Crippen LogP contribution in [0.5, 0.6) is 0 Å². The van der Waals surface area contributed by atoms with Gasteiger partial charge in [-0.15, -0.1) is 0 Å². The number of H-pyrrole nitrogens is 1. The standard InChI is InChI=1S/C23H23ClN4O3/c24-18-7-5-16(6-8-18)23(31)28-11-9-15(10-12-28)22(30)27-26-21(29)13-17-14-25-20-4-2-1-3-19(17)20/h1-8,14-15,25H,9-13H2,(H,26,29)(H,27,30). The fourth-order valence-electron chi connectivity index (χ4n) is 3.85. The highest BCUT2D eigenvalue weighted by atomic mass is 35.5. The average molecular weight is 439 g/mol. The molecule has 0 unspecified atom stereocenters. The minimum atomic E-state index is -0.284. The number of hydrazine groups is 1. The molecule has 0 radical (unpaired) electrons. The molecule has 31 heavy (non-hydrogen) atoms. The molecule has 1 aliphatic heterocycles. The van der Waals surface area contributed by atoms with Crippen LogP contribution in [0.1, 0.15) is 28.8 Å². The number of aromatic amines is 1. The first-order valence-corrected chi connectivity index (χ1v) is 10.6. The van der Waals surface area contributed by atoms with Gasteiger partial charge in [0.25, 0.3) is 5.91 Å². The molecule has 3 aromatic rings. The summed E-state index contributed by atoms with van der Waals surface area (Å²) in [5.41, 5.74) is 7.45. The van der Waals surface area contributed by atoms with Gasteiger partial charge in [0.1, 0.15) is 0 Å². The van der Waals surface area contributed by atoms with Crippen LogP contribution in [0.15, 0.2) is 54.7 Å². The third-order valence-electron chi connectivity index (χ3n) is 5.60. The molecular weight excluding hydrogens is 416 g/mol. The summed E-state index contributed by atoms with van der Waals surface area (Å²) in [4.78, 5) is 42.2. The quantitative estimate of drug-likeness (QED) is 0.546. The zero-order valence-electron chi connectivity index (χ0n) is 16.9. The van der Waals surface area contributed by atoms with Crippen molar-refractivity contribution in [2.75, 3.05) is 13.1 Å². The number of nitrogens with one attached hydrogen (secondary N) is 3. The van der Waals surface area contributed by atoms with E-state index in [0.717, 1.165) is 16.5 Å². The van der Waals surface area contributed by atoms with E-state index in [1.54, 1.807) is 35.4 Å². The van der Waals surface area contributed by atoms with Gasteiger partial charge in [0.2, 0.25) is 11.8 Å². The molecular formula is C23H23ClN4O3. The number of hydrogen-bond acceptors (Lipinski definition) is 3. The van der Waals surface area contributed by atoms with E-state index < -0.39 is 0 Å². The molecule has 160 valence electrons. The molecule has 7 nitrogen and oxygen atoms in total. The zero-order chi connectivity index (χ0) is 21.8. The molecule has 8 heteroatoms. The van der Waals surface area contributed by atoms with E-state index in [9.17, 15) is 14.4 Å². The SMILES string of the molecule is O=C(Cc1c[nH]c2ccccc12)NNC(=O)C1CCN(C(=O)c2ccc(Cl)cc2)CC1. The molecule has 0 aliphatic carbocycles. The number of rotatable bonds is 4. The Hall–Kier alpha value is -3.32. The van der Waals surface area contributed by atoms with Crippen molar-refractivity contribution in [3.8, 4) is 0 Å². The van der Waals surface area contributed by atoms with Crippen molar-refractivity contribution < 1.29 is 14.4 Å². The highest BCUT2D eigenvalue weighted by molar-refractivity contribution is 6.30. The van der Waals surface area contributed by atoms with Crippen LogP contribution < -0.4 is 10.9 Å². The molecule has 1 aromatic heterocycles. The topological polar surface area (TPSA) is 94.3 Å². The molecule has 1 fully saturated rings. The minimum Gasteiger partial charge on any atom is -0.361 e. The monoisotopic (exact) mass is 438 g/mol. The number of fused-ring (bicyclic) bond motifs is 1. The van der Waals surface area contributed by atoms with Crippen molar-refractivity contribution in [1.29, 1.82) is 0 Å². The number of piperidine rings is 1. The summed E-state index contributed by atoms with van der Waals surface area (Å²) in [5, 5.41) is 1.57. The van der Waals surface area contributed by atoms with Gasteiger partial charge in [0, 0.05) is 46.7 Å². The minimum absolute atomic E-state index is 0.0671. The Kier molecular flexibility index (Phi) is 6.23. The van der Waals surface area contributed by atoms with Gasteiger partial charge in [-0.1, -0.05) is 29.8 Å². The Bertz CT molecular complexity index is 1100. The lowest BCUT2D eigenvalue weighted by Gasteiger charge is -2.31. The molecule has 0 atom stereocenters. The van der Waals surface area contributed by atoms with Crippen molar-refractivity contribution in [3.05, 3.63) is 70.9 Å². The molecule has 0 spiro atoms. The van der Waals surface area contributed by atoms with Crippen LogP contribution in [0, 0.1) is 5.92 Å². The fourth-order valence-corrected chi connectivity index (χ4v) is 3.97. The maximum Gasteiger partial charge on any atom is 0.253 e. The van der Waals surface area contributed by atoms with Gasteiger partial charge in [-0.2, -0.15) is 0 Å². The van der Waals surface area contributed by atoms with E-state index in [2.05, 4.69) is 15.8 Å². The van der Waals surface area contributed by atoms with E-state index in [1.807, 2.05) is 24.3 Å². The summed E-state index contributed by atoms with van der Waals surface area (Å²) < 4.78 is 0. The summed E-state index contributed by atoms with van der Waals surface area (Å²) in [6, 6.07) is 14.5. The lowest BCUT2D eigenvalue weighted by Crippen LogP contribution is -2.48. The summed E-state index contributed by atoms with van der Waals surface area (Å²) >= 11 is 5.87. The number of halogens is 1. The van der Waals surface area contributed by atoms with Crippen LogP contribution in [0.25, 0.3) is 10.9 Å². The van der Waals surface area contributed by atoms with Crippen LogP contribution in [-0.2, 0) is 16.0 Å². The average Bonchev–Trinajstić information content (AvgIpc) is 3.20. The second-order valence-electron chi connectivity index (χ2n) is 7.65. The first-order valence-electron chi connectivity index (χ1n) is 10.2. The second kappa shape index (κ2) is 9.22.